The van der Waals surface area contributed by atoms with Crippen LogP contribution in [-0.4, -0.2) is 38.4 Å². The number of hydrogen-bond acceptors (Lipinski definition) is 8. The Morgan fingerprint density at radius 1 is 0.369 bits per heavy atom. The van der Waals surface area contributed by atoms with E-state index in [0.29, 0.717) is 66.1 Å². The minimum Gasteiger partial charge on any atom is -0.494 e. The SMILES string of the molecule is Cc1cc(OC(=O)c2ccc(OCCCCOc3c4ccccc4cc4ccccc34)cc2)ccc1OC(=O)c1ccc(OCCCCOc2c3ccccc3cc3ccccc23)cc1. The van der Waals surface area contributed by atoms with Gasteiger partial charge in [0, 0.05) is 21.5 Å². The largest absolute Gasteiger partial charge is 0.494 e. The molecule has 0 N–H and O–H groups in total. The highest BCUT2D eigenvalue weighted by molar-refractivity contribution is 6.06. The van der Waals surface area contributed by atoms with Crippen LogP contribution in [0, 0.1) is 6.92 Å². The Kier molecular flexibility index (Phi) is 13.1. The number of aryl methyl sites for hydroxylation is 1. The maximum Gasteiger partial charge on any atom is 0.343 e. The predicted molar refractivity (Wildman–Crippen MR) is 257 cm³/mol. The highest BCUT2D eigenvalue weighted by atomic mass is 16.5. The molecule has 9 aromatic rings. The van der Waals surface area contributed by atoms with E-state index in [-0.39, 0.29) is 0 Å². The molecule has 0 radical (unpaired) electrons. The lowest BCUT2D eigenvalue weighted by molar-refractivity contribution is 0.0718. The molecule has 9 rings (SSSR count). The average molecular weight is 861 g/mol. The van der Waals surface area contributed by atoms with E-state index in [2.05, 4.69) is 60.7 Å². The first kappa shape index (κ1) is 42.5. The standard InChI is InChI=1S/C57H48O8/c1-39-36-48(64-56(58)40-22-26-46(27-23-40)60-32-10-12-34-62-54-49-18-6-2-14-42(49)37-43-15-3-7-19-50(43)54)30-31-53(39)65-57(59)41-24-28-47(29-25-41)61-33-11-13-35-63-55-51-20-8-4-16-44(51)38-45-17-5-9-21-52(45)55/h2-9,14-31,36-38H,10-13,32-35H2,1H3. The summed E-state index contributed by atoms with van der Waals surface area (Å²) in [6.45, 7) is 3.97. The molecule has 65 heavy (non-hydrogen) atoms. The molecule has 0 bridgehead atoms. The fraction of sp³-hybridized carbons (Fsp3) is 0.158. The van der Waals surface area contributed by atoms with Gasteiger partial charge in [-0.15, -0.1) is 0 Å². The van der Waals surface area contributed by atoms with Gasteiger partial charge < -0.3 is 28.4 Å². The van der Waals surface area contributed by atoms with Crippen molar-refractivity contribution >= 4 is 55.0 Å². The molecule has 0 aliphatic rings. The van der Waals surface area contributed by atoms with Crippen LogP contribution in [-0.2, 0) is 0 Å². The van der Waals surface area contributed by atoms with Crippen LogP contribution < -0.4 is 28.4 Å². The summed E-state index contributed by atoms with van der Waals surface area (Å²) >= 11 is 0. The molecule has 0 saturated carbocycles. The molecule has 0 amide bonds. The van der Waals surface area contributed by atoms with Crippen LogP contribution in [0.2, 0.25) is 0 Å². The van der Waals surface area contributed by atoms with Crippen molar-refractivity contribution in [1.82, 2.24) is 0 Å². The number of unbranched alkanes of at least 4 members (excludes halogenated alkanes) is 2. The first-order valence-corrected chi connectivity index (χ1v) is 22.0. The van der Waals surface area contributed by atoms with E-state index >= 15 is 0 Å². The van der Waals surface area contributed by atoms with Crippen molar-refractivity contribution in [3.8, 4) is 34.5 Å². The Hall–Kier alpha value is -7.84. The molecule has 0 aliphatic carbocycles. The number of rotatable bonds is 18. The third-order valence-electron chi connectivity index (χ3n) is 11.3. The van der Waals surface area contributed by atoms with Gasteiger partial charge in [0.05, 0.1) is 37.6 Å². The second-order valence-electron chi connectivity index (χ2n) is 15.9. The Bertz CT molecular complexity index is 2990. The fourth-order valence-corrected chi connectivity index (χ4v) is 7.89. The van der Waals surface area contributed by atoms with Crippen LogP contribution in [0.4, 0.5) is 0 Å². The van der Waals surface area contributed by atoms with Gasteiger partial charge in [-0.1, -0.05) is 97.1 Å². The monoisotopic (exact) mass is 860 g/mol. The van der Waals surface area contributed by atoms with Gasteiger partial charge in [0.15, 0.2) is 0 Å². The summed E-state index contributed by atoms with van der Waals surface area (Å²) in [5.74, 6) is 2.84. The summed E-state index contributed by atoms with van der Waals surface area (Å²) in [6.07, 6.45) is 3.27. The molecular weight excluding hydrogens is 813 g/mol. The van der Waals surface area contributed by atoms with Crippen LogP contribution in [0.15, 0.2) is 176 Å². The number of benzene rings is 9. The van der Waals surface area contributed by atoms with E-state index in [1.165, 1.54) is 0 Å². The van der Waals surface area contributed by atoms with E-state index in [0.717, 1.165) is 80.3 Å². The minimum absolute atomic E-state index is 0.335. The molecule has 0 saturated heterocycles. The van der Waals surface area contributed by atoms with Crippen molar-refractivity contribution in [2.45, 2.75) is 32.6 Å². The molecule has 8 heteroatoms. The van der Waals surface area contributed by atoms with Crippen LogP contribution in [0.1, 0.15) is 52.0 Å². The molecule has 0 aromatic heterocycles. The van der Waals surface area contributed by atoms with Gasteiger partial charge in [-0.05, 0) is 139 Å². The zero-order valence-corrected chi connectivity index (χ0v) is 36.2. The van der Waals surface area contributed by atoms with Gasteiger partial charge in [-0.3, -0.25) is 0 Å². The topological polar surface area (TPSA) is 89.5 Å². The smallest absolute Gasteiger partial charge is 0.343 e. The molecule has 0 fully saturated rings. The Morgan fingerprint density at radius 2 is 0.723 bits per heavy atom. The maximum absolute atomic E-state index is 13.0. The van der Waals surface area contributed by atoms with Crippen molar-refractivity contribution in [3.63, 3.8) is 0 Å². The normalized spacial score (nSPS) is 11.2. The Labute approximate surface area is 377 Å². The van der Waals surface area contributed by atoms with Crippen molar-refractivity contribution in [3.05, 3.63) is 193 Å². The summed E-state index contributed by atoms with van der Waals surface area (Å²) in [4.78, 5) is 26.0. The van der Waals surface area contributed by atoms with Gasteiger partial charge in [0.25, 0.3) is 0 Å². The Morgan fingerprint density at radius 3 is 1.12 bits per heavy atom. The highest BCUT2D eigenvalue weighted by Crippen LogP contribution is 2.36. The van der Waals surface area contributed by atoms with E-state index in [1.807, 2.05) is 48.5 Å². The van der Waals surface area contributed by atoms with Gasteiger partial charge in [0.2, 0.25) is 0 Å². The summed E-state index contributed by atoms with van der Waals surface area (Å²) < 4.78 is 35.9. The van der Waals surface area contributed by atoms with E-state index < -0.39 is 11.9 Å². The van der Waals surface area contributed by atoms with Crippen molar-refractivity contribution in [2.24, 2.45) is 0 Å². The van der Waals surface area contributed by atoms with Gasteiger partial charge in [-0.2, -0.15) is 0 Å². The lowest BCUT2D eigenvalue weighted by Gasteiger charge is -2.13. The molecule has 0 spiro atoms. The van der Waals surface area contributed by atoms with Gasteiger partial charge in [-0.25, -0.2) is 9.59 Å². The molecule has 0 unspecified atom stereocenters. The zero-order valence-electron chi connectivity index (χ0n) is 36.2. The molecule has 8 nitrogen and oxygen atoms in total. The summed E-state index contributed by atoms with van der Waals surface area (Å²) in [6, 6.07) is 56.2. The summed E-state index contributed by atoms with van der Waals surface area (Å²) in [7, 11) is 0. The maximum atomic E-state index is 13.0. The van der Waals surface area contributed by atoms with E-state index in [9.17, 15) is 9.59 Å². The molecule has 9 aromatic carbocycles. The van der Waals surface area contributed by atoms with Gasteiger partial charge >= 0.3 is 11.9 Å². The first-order chi connectivity index (χ1) is 32.0. The van der Waals surface area contributed by atoms with Gasteiger partial charge in [0.1, 0.15) is 34.5 Å². The number of carbonyl (C=O) groups excluding carboxylic acids is 2. The molecule has 0 atom stereocenters. The lowest BCUT2D eigenvalue weighted by atomic mass is 10.0. The number of fused-ring (bicyclic) bond motifs is 4. The van der Waals surface area contributed by atoms with Crippen LogP contribution in [0.5, 0.6) is 34.5 Å². The quantitative estimate of drug-likeness (QED) is 0.0365. The molecular formula is C57H48O8. The third-order valence-corrected chi connectivity index (χ3v) is 11.3. The second-order valence-corrected chi connectivity index (χ2v) is 15.9. The number of hydrogen-bond donors (Lipinski definition) is 0. The van der Waals surface area contributed by atoms with E-state index in [1.54, 1.807) is 73.7 Å². The fourth-order valence-electron chi connectivity index (χ4n) is 7.89. The van der Waals surface area contributed by atoms with Crippen molar-refractivity contribution in [2.75, 3.05) is 26.4 Å². The van der Waals surface area contributed by atoms with E-state index in [4.69, 9.17) is 28.4 Å². The average Bonchev–Trinajstić information content (AvgIpc) is 3.34. The van der Waals surface area contributed by atoms with Crippen molar-refractivity contribution in [1.29, 1.82) is 0 Å². The number of ether oxygens (including phenoxy) is 6. The predicted octanol–water partition coefficient (Wildman–Crippen LogP) is 13.5. The first-order valence-electron chi connectivity index (χ1n) is 22.0. The second kappa shape index (κ2) is 20.1. The number of esters is 2. The summed E-state index contributed by atoms with van der Waals surface area (Å²) in [5, 5.41) is 9.06. The third kappa shape index (κ3) is 10.2. The highest BCUT2D eigenvalue weighted by Gasteiger charge is 2.15. The summed E-state index contributed by atoms with van der Waals surface area (Å²) in [5.41, 5.74) is 1.41. The van der Waals surface area contributed by atoms with Crippen molar-refractivity contribution < 1.29 is 38.0 Å². The molecule has 0 aliphatic heterocycles. The van der Waals surface area contributed by atoms with Crippen LogP contribution in [0.25, 0.3) is 43.1 Å². The molecule has 324 valence electrons. The van der Waals surface area contributed by atoms with Crippen LogP contribution in [0.3, 0.4) is 0 Å². The lowest BCUT2D eigenvalue weighted by Crippen LogP contribution is -2.11. The number of carbonyl (C=O) groups is 2. The zero-order chi connectivity index (χ0) is 44.4. The minimum atomic E-state index is -0.510. The molecule has 0 heterocycles. The van der Waals surface area contributed by atoms with Crippen LogP contribution >= 0.6 is 0 Å². The Balaban J connectivity index is 0.685.